The Morgan fingerprint density at radius 1 is 1.26 bits per heavy atom. The maximum Gasteiger partial charge on any atom is 0.119 e. The van der Waals surface area contributed by atoms with Gasteiger partial charge in [-0.2, -0.15) is 0 Å². The second-order valence-electron chi connectivity index (χ2n) is 6.55. The smallest absolute Gasteiger partial charge is 0.119 e. The summed E-state index contributed by atoms with van der Waals surface area (Å²) in [7, 11) is 2.01. The van der Waals surface area contributed by atoms with Gasteiger partial charge in [-0.15, -0.1) is 0 Å². The largest absolute Gasteiger partial charge is 0.381 e. The molecule has 2 rings (SSSR count). The summed E-state index contributed by atoms with van der Waals surface area (Å²) in [5, 5.41) is 16.1. The molecule has 1 unspecified atom stereocenters. The molecule has 2 heterocycles. The first kappa shape index (κ1) is 14.5. The van der Waals surface area contributed by atoms with Crippen LogP contribution in [0.25, 0.3) is 0 Å². The summed E-state index contributed by atoms with van der Waals surface area (Å²) in [6.07, 6.45) is 3.38. The second-order valence-corrected chi connectivity index (χ2v) is 6.55. The van der Waals surface area contributed by atoms with E-state index in [0.29, 0.717) is 11.9 Å². The molecule has 0 amide bonds. The molecule has 2 fully saturated rings. The molecule has 108 valence electrons. The summed E-state index contributed by atoms with van der Waals surface area (Å²) in [6.45, 7) is 7.88. The van der Waals surface area contributed by atoms with E-state index in [1.807, 2.05) is 7.05 Å². The lowest BCUT2D eigenvalue weighted by atomic mass is 9.91. The van der Waals surface area contributed by atoms with Crippen molar-refractivity contribution in [2.24, 2.45) is 5.41 Å². The molecule has 0 aromatic rings. The third-order valence-corrected chi connectivity index (χ3v) is 4.13. The molecule has 2 aliphatic heterocycles. The fourth-order valence-electron chi connectivity index (χ4n) is 3.28. The van der Waals surface area contributed by atoms with Gasteiger partial charge in [0.05, 0.1) is 0 Å². The number of amidine groups is 1. The summed E-state index contributed by atoms with van der Waals surface area (Å²) in [4.78, 5) is 4.34. The van der Waals surface area contributed by atoms with Crippen molar-refractivity contribution in [2.75, 3.05) is 33.4 Å². The van der Waals surface area contributed by atoms with Crippen LogP contribution in [0.5, 0.6) is 0 Å². The van der Waals surface area contributed by atoms with Crippen LogP contribution in [0.4, 0.5) is 0 Å². The van der Waals surface area contributed by atoms with Crippen molar-refractivity contribution in [3.63, 3.8) is 0 Å². The van der Waals surface area contributed by atoms with Gasteiger partial charge in [0.25, 0.3) is 0 Å². The molecule has 5 nitrogen and oxygen atoms in total. The van der Waals surface area contributed by atoms with E-state index in [4.69, 9.17) is 15.6 Å². The normalized spacial score (nSPS) is 30.2. The first-order valence-electron chi connectivity index (χ1n) is 7.08. The Kier molecular flexibility index (Phi) is 4.26. The van der Waals surface area contributed by atoms with Crippen molar-refractivity contribution in [2.45, 2.75) is 38.8 Å². The van der Waals surface area contributed by atoms with Crippen LogP contribution < -0.4 is 0 Å². The predicted molar refractivity (Wildman–Crippen MR) is 77.3 cm³/mol. The van der Waals surface area contributed by atoms with Gasteiger partial charge in [0, 0.05) is 38.6 Å². The van der Waals surface area contributed by atoms with Crippen molar-refractivity contribution >= 4 is 12.1 Å². The lowest BCUT2D eigenvalue weighted by molar-refractivity contribution is 0.0472. The van der Waals surface area contributed by atoms with Gasteiger partial charge >= 0.3 is 0 Å². The monoisotopic (exact) mass is 266 g/mol. The first-order chi connectivity index (χ1) is 8.94. The van der Waals surface area contributed by atoms with E-state index in [9.17, 15) is 0 Å². The van der Waals surface area contributed by atoms with E-state index in [1.165, 1.54) is 6.21 Å². The van der Waals surface area contributed by atoms with Crippen LogP contribution in [0.15, 0.2) is 0 Å². The second kappa shape index (κ2) is 5.59. The molecule has 0 spiro atoms. The highest BCUT2D eigenvalue weighted by Gasteiger charge is 2.38. The minimum atomic E-state index is -0.190. The number of likely N-dealkylation sites (N-methyl/N-ethyl adjacent to an activating group) is 1. The van der Waals surface area contributed by atoms with Gasteiger partial charge in [0.2, 0.25) is 0 Å². The van der Waals surface area contributed by atoms with E-state index < -0.39 is 0 Å². The number of ether oxygens (including phenoxy) is 1. The predicted octanol–water partition coefficient (Wildman–Crippen LogP) is 1.43. The maximum atomic E-state index is 8.48. The maximum absolute atomic E-state index is 8.48. The van der Waals surface area contributed by atoms with E-state index in [2.05, 4.69) is 23.6 Å². The minimum Gasteiger partial charge on any atom is -0.381 e. The van der Waals surface area contributed by atoms with Gasteiger partial charge in [0.15, 0.2) is 0 Å². The van der Waals surface area contributed by atoms with E-state index in [-0.39, 0.29) is 11.5 Å². The van der Waals surface area contributed by atoms with Gasteiger partial charge < -0.3 is 15.0 Å². The van der Waals surface area contributed by atoms with Crippen LogP contribution in [-0.2, 0) is 4.74 Å². The van der Waals surface area contributed by atoms with E-state index >= 15 is 0 Å². The van der Waals surface area contributed by atoms with Gasteiger partial charge in [-0.1, -0.05) is 13.8 Å². The first-order valence-corrected chi connectivity index (χ1v) is 7.08. The lowest BCUT2D eigenvalue weighted by Gasteiger charge is -2.39. The Hall–Kier alpha value is -0.940. The molecular weight excluding hydrogens is 240 g/mol. The van der Waals surface area contributed by atoms with Crippen molar-refractivity contribution < 1.29 is 4.74 Å². The number of nitrogens with one attached hydrogen (secondary N) is 2. The number of hydrogen-bond acceptors (Lipinski definition) is 4. The third kappa shape index (κ3) is 3.15. The van der Waals surface area contributed by atoms with Gasteiger partial charge in [0.1, 0.15) is 11.9 Å². The molecule has 1 atom stereocenters. The van der Waals surface area contributed by atoms with Gasteiger partial charge in [-0.25, -0.2) is 0 Å². The third-order valence-electron chi connectivity index (χ3n) is 4.13. The van der Waals surface area contributed by atoms with Crippen molar-refractivity contribution in [1.29, 1.82) is 10.8 Å². The fraction of sp³-hybridized carbons (Fsp3) is 0.857. The summed E-state index contributed by atoms with van der Waals surface area (Å²) < 4.78 is 5.43. The highest BCUT2D eigenvalue weighted by Crippen LogP contribution is 2.28. The molecule has 0 aromatic carbocycles. The summed E-state index contributed by atoms with van der Waals surface area (Å²) in [5.41, 5.74) is 0.136. The summed E-state index contributed by atoms with van der Waals surface area (Å²) >= 11 is 0. The highest BCUT2D eigenvalue weighted by atomic mass is 16.5. The molecule has 0 saturated carbocycles. The van der Waals surface area contributed by atoms with Crippen molar-refractivity contribution in [1.82, 2.24) is 9.80 Å². The molecule has 0 bridgehead atoms. The lowest BCUT2D eigenvalue weighted by Crippen LogP contribution is -2.50. The van der Waals surface area contributed by atoms with Gasteiger partial charge in [-0.3, -0.25) is 10.3 Å². The zero-order valence-electron chi connectivity index (χ0n) is 12.3. The van der Waals surface area contributed by atoms with Gasteiger partial charge in [-0.05, 0) is 25.3 Å². The number of hydrogen-bond donors (Lipinski definition) is 2. The highest BCUT2D eigenvalue weighted by molar-refractivity contribution is 5.98. The summed E-state index contributed by atoms with van der Waals surface area (Å²) in [5.74, 6) is 0.579. The Labute approximate surface area is 115 Å². The molecule has 2 aliphatic rings. The average Bonchev–Trinajstić information content (AvgIpc) is 2.45. The Bertz CT molecular complexity index is 349. The number of rotatable bonds is 2. The Morgan fingerprint density at radius 2 is 1.89 bits per heavy atom. The fourth-order valence-corrected chi connectivity index (χ4v) is 3.28. The quantitative estimate of drug-likeness (QED) is 0.743. The molecule has 0 aromatic heterocycles. The van der Waals surface area contributed by atoms with Crippen LogP contribution in [0.2, 0.25) is 0 Å². The molecular formula is C14H26N4O. The molecule has 2 saturated heterocycles. The molecule has 19 heavy (non-hydrogen) atoms. The van der Waals surface area contributed by atoms with Crippen LogP contribution in [0, 0.1) is 16.2 Å². The van der Waals surface area contributed by atoms with E-state index in [1.54, 1.807) is 0 Å². The number of nitrogens with zero attached hydrogens (tertiary/aromatic N) is 2. The van der Waals surface area contributed by atoms with Crippen molar-refractivity contribution in [3.05, 3.63) is 0 Å². The zero-order chi connectivity index (χ0) is 14.0. The van der Waals surface area contributed by atoms with E-state index in [0.717, 1.165) is 39.1 Å². The van der Waals surface area contributed by atoms with Crippen LogP contribution in [0.3, 0.4) is 0 Å². The Morgan fingerprint density at radius 3 is 2.47 bits per heavy atom. The van der Waals surface area contributed by atoms with Crippen molar-refractivity contribution in [3.8, 4) is 0 Å². The molecule has 0 radical (unpaired) electrons. The minimum absolute atomic E-state index is 0.136. The molecule has 5 heteroatoms. The average molecular weight is 266 g/mol. The van der Waals surface area contributed by atoms with Crippen LogP contribution >= 0.6 is 0 Å². The Balaban J connectivity index is 2.23. The standard InChI is InChI=1S/C14H26N4O/c1-14(2)9-17(3)12(8-15)13(16)18(10-14)11-4-6-19-7-5-11/h8,11-12,15-16H,4-7,9-10H2,1-3H3. The molecule has 0 aliphatic carbocycles. The zero-order valence-corrected chi connectivity index (χ0v) is 12.3. The summed E-state index contributed by atoms with van der Waals surface area (Å²) in [6, 6.07) is 0.207. The van der Waals surface area contributed by atoms with Crippen LogP contribution in [-0.4, -0.2) is 67.3 Å². The topological polar surface area (TPSA) is 63.4 Å². The molecule has 2 N–H and O–H groups in total. The SMILES string of the molecule is CN1CC(C)(C)CN(C2CCOCC2)C(=N)C1C=N. The van der Waals surface area contributed by atoms with Crippen LogP contribution in [0.1, 0.15) is 26.7 Å².